The second-order valence-corrected chi connectivity index (χ2v) is 6.85. The lowest BCUT2D eigenvalue weighted by molar-refractivity contribution is -0.139. The van der Waals surface area contributed by atoms with Gasteiger partial charge in [0, 0.05) is 26.7 Å². The fourth-order valence-electron chi connectivity index (χ4n) is 1.83. The molecule has 0 spiro atoms. The van der Waals surface area contributed by atoms with Crippen LogP contribution in [-0.2, 0) is 19.4 Å². The first-order valence-electron chi connectivity index (χ1n) is 5.57. The van der Waals surface area contributed by atoms with Gasteiger partial charge in [-0.2, -0.15) is 0 Å². The Morgan fingerprint density at radius 3 is 2.50 bits per heavy atom. The summed E-state index contributed by atoms with van der Waals surface area (Å²) in [5.41, 5.74) is 0. The highest BCUT2D eigenvalue weighted by Gasteiger charge is 2.33. The highest BCUT2D eigenvalue weighted by Crippen LogP contribution is 2.15. The average Bonchev–Trinajstić information content (AvgIpc) is 2.20. The fraction of sp³-hybridized carbons (Fsp3) is 0.800. The average molecular weight is 278 g/mol. The van der Waals surface area contributed by atoms with Gasteiger partial charge in [-0.3, -0.25) is 14.5 Å². The molecule has 1 atom stereocenters. The van der Waals surface area contributed by atoms with Gasteiger partial charge in [-0.05, 0) is 0 Å². The Hall–Kier alpha value is -1.15. The molecule has 8 heteroatoms. The van der Waals surface area contributed by atoms with Crippen LogP contribution in [0, 0.1) is 0 Å². The maximum absolute atomic E-state index is 11.6. The van der Waals surface area contributed by atoms with E-state index in [1.54, 1.807) is 19.0 Å². The van der Waals surface area contributed by atoms with Crippen molar-refractivity contribution in [3.05, 3.63) is 0 Å². The zero-order valence-electron chi connectivity index (χ0n) is 10.5. The summed E-state index contributed by atoms with van der Waals surface area (Å²) in [5.74, 6) is -1.44. The quantitative estimate of drug-likeness (QED) is 0.683. The van der Waals surface area contributed by atoms with Gasteiger partial charge >= 0.3 is 5.97 Å². The monoisotopic (exact) mass is 278 g/mol. The Bertz CT molecular complexity index is 432. The van der Waals surface area contributed by atoms with E-state index in [1.165, 1.54) is 4.90 Å². The Kier molecular flexibility index (Phi) is 4.69. The van der Waals surface area contributed by atoms with Gasteiger partial charge in [-0.15, -0.1) is 0 Å². The fourth-order valence-corrected chi connectivity index (χ4v) is 3.43. The largest absolute Gasteiger partial charge is 0.481 e. The van der Waals surface area contributed by atoms with Crippen molar-refractivity contribution in [2.24, 2.45) is 0 Å². The van der Waals surface area contributed by atoms with E-state index in [-0.39, 0.29) is 36.9 Å². The summed E-state index contributed by atoms with van der Waals surface area (Å²) in [6.07, 6.45) is -0.264. The van der Waals surface area contributed by atoms with Crippen LogP contribution in [0.1, 0.15) is 6.42 Å². The number of carboxylic acids is 1. The third kappa shape index (κ3) is 4.26. The van der Waals surface area contributed by atoms with Crippen LogP contribution in [0.25, 0.3) is 0 Å². The first-order valence-corrected chi connectivity index (χ1v) is 7.40. The Morgan fingerprint density at radius 1 is 1.39 bits per heavy atom. The third-order valence-electron chi connectivity index (χ3n) is 2.90. The number of aliphatic carboxylic acids is 1. The van der Waals surface area contributed by atoms with Crippen molar-refractivity contribution in [1.29, 1.82) is 0 Å². The second kappa shape index (κ2) is 5.66. The van der Waals surface area contributed by atoms with Crippen LogP contribution in [0.4, 0.5) is 0 Å². The summed E-state index contributed by atoms with van der Waals surface area (Å²) in [4.78, 5) is 25.4. The van der Waals surface area contributed by atoms with Crippen LogP contribution in [0.3, 0.4) is 0 Å². The molecule has 0 bridgehead atoms. The number of carbonyl (C=O) groups is 2. The van der Waals surface area contributed by atoms with E-state index in [2.05, 4.69) is 0 Å². The SMILES string of the molecule is CN(C)C(=O)CN1CCS(=O)(=O)CC1CC(=O)O. The van der Waals surface area contributed by atoms with E-state index in [4.69, 9.17) is 5.11 Å². The molecule has 7 nitrogen and oxygen atoms in total. The van der Waals surface area contributed by atoms with Gasteiger partial charge in [0.05, 0.1) is 24.5 Å². The van der Waals surface area contributed by atoms with Crippen LogP contribution in [0.15, 0.2) is 0 Å². The number of carbonyl (C=O) groups excluding carboxylic acids is 1. The van der Waals surface area contributed by atoms with Gasteiger partial charge in [0.2, 0.25) is 5.91 Å². The standard InChI is InChI=1S/C10H18N2O5S/c1-11(2)9(13)6-12-3-4-18(16,17)7-8(12)5-10(14)15/h8H,3-7H2,1-2H3,(H,14,15). The molecule has 1 aliphatic rings. The first kappa shape index (κ1) is 14.9. The number of nitrogens with zero attached hydrogens (tertiary/aromatic N) is 2. The smallest absolute Gasteiger partial charge is 0.304 e. The van der Waals surface area contributed by atoms with Gasteiger partial charge in [-0.1, -0.05) is 0 Å². The predicted octanol–water partition coefficient (Wildman–Crippen LogP) is -1.35. The van der Waals surface area contributed by atoms with Crippen molar-refractivity contribution in [1.82, 2.24) is 9.80 Å². The molecule has 1 amide bonds. The lowest BCUT2D eigenvalue weighted by atomic mass is 10.2. The van der Waals surface area contributed by atoms with Gasteiger partial charge < -0.3 is 10.0 Å². The minimum atomic E-state index is -3.20. The number of amides is 1. The Morgan fingerprint density at radius 2 is 2.00 bits per heavy atom. The molecular weight excluding hydrogens is 260 g/mol. The molecule has 1 rings (SSSR count). The molecule has 1 N–H and O–H groups in total. The van der Waals surface area contributed by atoms with Gasteiger partial charge in [0.1, 0.15) is 0 Å². The molecule has 104 valence electrons. The summed E-state index contributed by atoms with van der Waals surface area (Å²) in [7, 11) is 0.0163. The summed E-state index contributed by atoms with van der Waals surface area (Å²) in [5, 5.41) is 8.78. The number of sulfone groups is 1. The van der Waals surface area contributed by atoms with Crippen LogP contribution < -0.4 is 0 Å². The minimum Gasteiger partial charge on any atom is -0.481 e. The second-order valence-electron chi connectivity index (χ2n) is 4.62. The number of hydrogen-bond acceptors (Lipinski definition) is 5. The maximum Gasteiger partial charge on any atom is 0.304 e. The molecule has 0 aromatic heterocycles. The Balaban J connectivity index is 2.75. The predicted molar refractivity (Wildman–Crippen MR) is 65.0 cm³/mol. The Labute approximate surface area is 106 Å². The molecule has 1 fully saturated rings. The van der Waals surface area contributed by atoms with Gasteiger partial charge in [-0.25, -0.2) is 8.42 Å². The van der Waals surface area contributed by atoms with Gasteiger partial charge in [0.15, 0.2) is 9.84 Å². The van der Waals surface area contributed by atoms with E-state index in [9.17, 15) is 18.0 Å². The maximum atomic E-state index is 11.6. The van der Waals surface area contributed by atoms with Crippen molar-refractivity contribution in [2.45, 2.75) is 12.5 Å². The van der Waals surface area contributed by atoms with Crippen molar-refractivity contribution in [3.8, 4) is 0 Å². The molecule has 0 aromatic carbocycles. The molecule has 0 aliphatic carbocycles. The number of likely N-dealkylation sites (N-methyl/N-ethyl adjacent to an activating group) is 1. The van der Waals surface area contributed by atoms with Crippen molar-refractivity contribution in [3.63, 3.8) is 0 Å². The van der Waals surface area contributed by atoms with Crippen molar-refractivity contribution >= 4 is 21.7 Å². The van der Waals surface area contributed by atoms with E-state index in [1.807, 2.05) is 0 Å². The third-order valence-corrected chi connectivity index (χ3v) is 4.60. The molecule has 1 saturated heterocycles. The van der Waals surface area contributed by atoms with Crippen molar-refractivity contribution < 1.29 is 23.1 Å². The normalized spacial score (nSPS) is 23.6. The molecular formula is C10H18N2O5S. The van der Waals surface area contributed by atoms with Crippen LogP contribution in [0.2, 0.25) is 0 Å². The van der Waals surface area contributed by atoms with E-state index < -0.39 is 21.8 Å². The van der Waals surface area contributed by atoms with Crippen molar-refractivity contribution in [2.75, 3.05) is 38.7 Å². The zero-order valence-corrected chi connectivity index (χ0v) is 11.3. The number of carboxylic acid groups (broad SMARTS) is 1. The minimum absolute atomic E-state index is 0.0240. The zero-order chi connectivity index (χ0) is 13.9. The molecule has 1 aliphatic heterocycles. The lowest BCUT2D eigenvalue weighted by Crippen LogP contribution is -2.52. The van der Waals surface area contributed by atoms with E-state index in [0.717, 1.165) is 0 Å². The van der Waals surface area contributed by atoms with E-state index in [0.29, 0.717) is 0 Å². The molecule has 0 aromatic rings. The van der Waals surface area contributed by atoms with E-state index >= 15 is 0 Å². The first-order chi connectivity index (χ1) is 8.21. The molecule has 1 heterocycles. The van der Waals surface area contributed by atoms with Crippen LogP contribution in [-0.4, -0.2) is 79.9 Å². The molecule has 1 unspecified atom stereocenters. The van der Waals surface area contributed by atoms with Crippen LogP contribution >= 0.6 is 0 Å². The topological polar surface area (TPSA) is 95.0 Å². The molecule has 18 heavy (non-hydrogen) atoms. The van der Waals surface area contributed by atoms with Crippen LogP contribution in [0.5, 0.6) is 0 Å². The summed E-state index contributed by atoms with van der Waals surface area (Å²) >= 11 is 0. The summed E-state index contributed by atoms with van der Waals surface area (Å²) in [6, 6.07) is -0.620. The molecule has 0 saturated carbocycles. The molecule has 0 radical (unpaired) electrons. The number of rotatable bonds is 4. The summed E-state index contributed by atoms with van der Waals surface area (Å²) in [6.45, 7) is 0.264. The highest BCUT2D eigenvalue weighted by molar-refractivity contribution is 7.91. The lowest BCUT2D eigenvalue weighted by Gasteiger charge is -2.34. The van der Waals surface area contributed by atoms with Gasteiger partial charge in [0.25, 0.3) is 0 Å². The summed E-state index contributed by atoms with van der Waals surface area (Å²) < 4.78 is 23.0. The highest BCUT2D eigenvalue weighted by atomic mass is 32.2. The number of hydrogen-bond donors (Lipinski definition) is 1.